The third-order valence-corrected chi connectivity index (χ3v) is 6.67. The van der Waals surface area contributed by atoms with Crippen LogP contribution >= 0.6 is 0 Å². The monoisotopic (exact) mass is 388 g/mol. The number of hydrogen-bond donors (Lipinski definition) is 1. The Balaban J connectivity index is 2.49. The maximum atomic E-state index is 13.0. The van der Waals surface area contributed by atoms with E-state index in [-0.39, 0.29) is 32.4 Å². The molecule has 1 heterocycles. The van der Waals surface area contributed by atoms with E-state index in [4.69, 9.17) is 9.52 Å². The lowest BCUT2D eigenvalue weighted by molar-refractivity contribution is 0.0697. The summed E-state index contributed by atoms with van der Waals surface area (Å²) in [5.74, 6) is -1.15. The molecule has 142 valence electrons. The van der Waals surface area contributed by atoms with Crippen LogP contribution < -0.4 is 5.43 Å². The van der Waals surface area contributed by atoms with Crippen LogP contribution in [-0.4, -0.2) is 24.7 Å². The summed E-state index contributed by atoms with van der Waals surface area (Å²) in [7, 11) is -3.68. The molecule has 0 aliphatic heterocycles. The van der Waals surface area contributed by atoms with Gasteiger partial charge in [-0.15, -0.1) is 0 Å². The minimum absolute atomic E-state index is 0.000221. The van der Waals surface area contributed by atoms with E-state index < -0.39 is 26.5 Å². The van der Waals surface area contributed by atoms with Crippen molar-refractivity contribution in [3.63, 3.8) is 0 Å². The highest BCUT2D eigenvalue weighted by atomic mass is 32.2. The first kappa shape index (κ1) is 19.1. The minimum Gasteiger partial charge on any atom is -0.478 e. The Morgan fingerprint density at radius 1 is 1.15 bits per heavy atom. The summed E-state index contributed by atoms with van der Waals surface area (Å²) in [6.07, 6.45) is 1.40. The number of carboxylic acid groups (broad SMARTS) is 1. The molecule has 0 bridgehead atoms. The number of sulfone groups is 1. The van der Waals surface area contributed by atoms with Crippen molar-refractivity contribution in [1.29, 1.82) is 0 Å². The zero-order valence-corrected chi connectivity index (χ0v) is 16.1. The van der Waals surface area contributed by atoms with E-state index in [2.05, 4.69) is 0 Å². The van der Waals surface area contributed by atoms with Crippen LogP contribution in [-0.2, 0) is 16.3 Å². The van der Waals surface area contributed by atoms with E-state index in [0.29, 0.717) is 6.42 Å². The largest absolute Gasteiger partial charge is 0.478 e. The fraction of sp³-hybridized carbons (Fsp3) is 0.300. The van der Waals surface area contributed by atoms with Crippen molar-refractivity contribution < 1.29 is 22.7 Å². The Labute approximate surface area is 156 Å². The summed E-state index contributed by atoms with van der Waals surface area (Å²) < 4.78 is 31.5. The Morgan fingerprint density at radius 2 is 1.85 bits per heavy atom. The number of benzene rings is 2. The fourth-order valence-corrected chi connectivity index (χ4v) is 4.25. The van der Waals surface area contributed by atoms with E-state index in [1.54, 1.807) is 26.0 Å². The normalized spacial score (nSPS) is 12.1. The molecular weight excluding hydrogens is 368 g/mol. The highest BCUT2D eigenvalue weighted by Crippen LogP contribution is 2.30. The molecule has 3 aromatic rings. The van der Waals surface area contributed by atoms with E-state index in [0.717, 1.165) is 12.0 Å². The van der Waals surface area contributed by atoms with Crippen molar-refractivity contribution in [1.82, 2.24) is 0 Å². The molecule has 0 saturated carbocycles. The topological polar surface area (TPSA) is 102 Å². The van der Waals surface area contributed by atoms with Crippen LogP contribution in [0.3, 0.4) is 0 Å². The van der Waals surface area contributed by atoms with Crippen LogP contribution in [0.1, 0.15) is 43.1 Å². The molecule has 0 saturated heterocycles. The van der Waals surface area contributed by atoms with E-state index >= 15 is 0 Å². The summed E-state index contributed by atoms with van der Waals surface area (Å²) in [4.78, 5) is 24.2. The molecule has 0 amide bonds. The van der Waals surface area contributed by atoms with Gasteiger partial charge in [-0.2, -0.15) is 0 Å². The summed E-state index contributed by atoms with van der Waals surface area (Å²) in [5, 5.41) is 8.75. The van der Waals surface area contributed by atoms with Gasteiger partial charge in [-0.25, -0.2) is 13.2 Å². The van der Waals surface area contributed by atoms with Crippen LogP contribution in [0.15, 0.2) is 44.4 Å². The highest BCUT2D eigenvalue weighted by molar-refractivity contribution is 7.92. The van der Waals surface area contributed by atoms with E-state index in [9.17, 15) is 18.0 Å². The van der Waals surface area contributed by atoms with E-state index in [1.165, 1.54) is 18.2 Å². The molecule has 27 heavy (non-hydrogen) atoms. The van der Waals surface area contributed by atoms with Gasteiger partial charge in [0.2, 0.25) is 5.43 Å². The molecule has 0 atom stereocenters. The third-order valence-electron chi connectivity index (χ3n) is 4.51. The molecule has 6 nitrogen and oxygen atoms in total. The lowest BCUT2D eigenvalue weighted by Crippen LogP contribution is -2.16. The van der Waals surface area contributed by atoms with Crippen LogP contribution in [0.4, 0.5) is 0 Å². The number of carboxylic acids is 1. The average molecular weight is 388 g/mol. The number of aromatic carboxylic acids is 1. The number of aryl methyl sites for hydroxylation is 1. The molecule has 1 N–H and O–H groups in total. The molecule has 1 aromatic heterocycles. The Morgan fingerprint density at radius 3 is 2.44 bits per heavy atom. The first-order valence-electron chi connectivity index (χ1n) is 8.67. The smallest absolute Gasteiger partial charge is 0.335 e. The Kier molecular flexibility index (Phi) is 4.82. The van der Waals surface area contributed by atoms with Crippen LogP contribution in [0.2, 0.25) is 0 Å². The fourth-order valence-electron chi connectivity index (χ4n) is 3.02. The molecule has 0 aliphatic carbocycles. The second-order valence-corrected chi connectivity index (χ2v) is 9.23. The second kappa shape index (κ2) is 6.81. The van der Waals surface area contributed by atoms with Gasteiger partial charge in [0, 0.05) is 0 Å². The van der Waals surface area contributed by atoms with E-state index in [1.807, 2.05) is 6.92 Å². The lowest BCUT2D eigenvalue weighted by atomic mass is 10.0. The van der Waals surface area contributed by atoms with Crippen LogP contribution in [0.5, 0.6) is 0 Å². The van der Waals surface area contributed by atoms with Gasteiger partial charge in [0.25, 0.3) is 0 Å². The molecule has 0 radical (unpaired) electrons. The number of carbonyl (C=O) groups is 1. The average Bonchev–Trinajstić information content (AvgIpc) is 2.61. The predicted octanol–water partition coefficient (Wildman–Crippen LogP) is 3.78. The first-order chi connectivity index (χ1) is 12.7. The maximum Gasteiger partial charge on any atom is 0.335 e. The number of fused-ring (bicyclic) bond motifs is 2. The van der Waals surface area contributed by atoms with Gasteiger partial charge in [0.05, 0.1) is 21.6 Å². The number of hydrogen-bond acceptors (Lipinski definition) is 5. The third kappa shape index (κ3) is 3.23. The molecular formula is C20H20O6S. The molecule has 0 aliphatic rings. The van der Waals surface area contributed by atoms with Gasteiger partial charge in [0.1, 0.15) is 10.5 Å². The molecule has 0 spiro atoms. The standard InChI is InChI=1S/C20H20O6S/c1-4-5-12-8-15-18(21)14-10-13(20(22)23)6-7-16(14)26-19(15)17(9-12)27(24,25)11(2)3/h6-11H,4-5H2,1-3H3,(H,22,23). The zero-order chi connectivity index (χ0) is 19.9. The zero-order valence-electron chi connectivity index (χ0n) is 15.3. The maximum absolute atomic E-state index is 13.0. The lowest BCUT2D eigenvalue weighted by Gasteiger charge is -2.13. The van der Waals surface area contributed by atoms with Gasteiger partial charge >= 0.3 is 5.97 Å². The van der Waals surface area contributed by atoms with Crippen molar-refractivity contribution in [3.8, 4) is 0 Å². The molecule has 0 fully saturated rings. The van der Waals surface area contributed by atoms with Crippen molar-refractivity contribution in [2.45, 2.75) is 43.8 Å². The van der Waals surface area contributed by atoms with Gasteiger partial charge in [-0.1, -0.05) is 13.3 Å². The second-order valence-electron chi connectivity index (χ2n) is 6.76. The summed E-state index contributed by atoms with van der Waals surface area (Å²) in [6.45, 7) is 5.11. The molecule has 7 heteroatoms. The quantitative estimate of drug-likeness (QED) is 0.668. The van der Waals surface area contributed by atoms with Gasteiger partial charge in [-0.05, 0) is 56.2 Å². The predicted molar refractivity (Wildman–Crippen MR) is 103 cm³/mol. The van der Waals surface area contributed by atoms with Gasteiger partial charge < -0.3 is 9.52 Å². The Hall–Kier alpha value is -2.67. The van der Waals surface area contributed by atoms with Crippen molar-refractivity contribution in [2.24, 2.45) is 0 Å². The molecule has 0 unspecified atom stereocenters. The highest BCUT2D eigenvalue weighted by Gasteiger charge is 2.26. The number of rotatable bonds is 5. The minimum atomic E-state index is -3.68. The SMILES string of the molecule is CCCc1cc(S(=O)(=O)C(C)C)c2oc3ccc(C(=O)O)cc3c(=O)c2c1. The van der Waals surface area contributed by atoms with Crippen molar-refractivity contribution in [3.05, 3.63) is 51.7 Å². The summed E-state index contributed by atoms with van der Waals surface area (Å²) in [6, 6.07) is 7.16. The van der Waals surface area contributed by atoms with Gasteiger partial charge in [-0.3, -0.25) is 4.79 Å². The first-order valence-corrected chi connectivity index (χ1v) is 10.2. The van der Waals surface area contributed by atoms with Crippen molar-refractivity contribution in [2.75, 3.05) is 0 Å². The molecule has 3 rings (SSSR count). The van der Waals surface area contributed by atoms with Crippen LogP contribution in [0.25, 0.3) is 21.9 Å². The van der Waals surface area contributed by atoms with Gasteiger partial charge in [0.15, 0.2) is 15.4 Å². The summed E-state index contributed by atoms with van der Waals surface area (Å²) >= 11 is 0. The van der Waals surface area contributed by atoms with Crippen molar-refractivity contribution >= 4 is 37.7 Å². The van der Waals surface area contributed by atoms with Crippen LogP contribution in [0, 0.1) is 0 Å². The molecule has 2 aromatic carbocycles. The Bertz CT molecular complexity index is 1220. The summed E-state index contributed by atoms with van der Waals surface area (Å²) in [5.41, 5.74) is 0.428.